The Morgan fingerprint density at radius 2 is 2.25 bits per heavy atom. The summed E-state index contributed by atoms with van der Waals surface area (Å²) in [5.74, 6) is 6.79. The van der Waals surface area contributed by atoms with Gasteiger partial charge in [0.25, 0.3) is 0 Å². The van der Waals surface area contributed by atoms with Gasteiger partial charge in [0.2, 0.25) is 0 Å². The van der Waals surface area contributed by atoms with E-state index in [1.165, 1.54) is 11.8 Å². The maximum atomic E-state index is 10.7. The molecule has 0 unspecified atom stereocenters. The molecule has 0 aliphatic heterocycles. The van der Waals surface area contributed by atoms with Gasteiger partial charge in [0.15, 0.2) is 5.12 Å². The highest BCUT2D eigenvalue weighted by molar-refractivity contribution is 8.13. The van der Waals surface area contributed by atoms with E-state index in [0.717, 1.165) is 5.56 Å². The lowest BCUT2D eigenvalue weighted by Gasteiger charge is -1.99. The summed E-state index contributed by atoms with van der Waals surface area (Å²) in [5, 5.41) is 9.79. The second-order valence-electron chi connectivity index (χ2n) is 3.36. The number of aryl methyl sites for hydroxylation is 1. The van der Waals surface area contributed by atoms with Gasteiger partial charge in [-0.05, 0) is 18.6 Å². The topological polar surface area (TPSA) is 37.3 Å². The van der Waals surface area contributed by atoms with Crippen LogP contribution >= 0.6 is 11.8 Å². The molecule has 0 amide bonds. The largest absolute Gasteiger partial charge is 0.506 e. The lowest BCUT2D eigenvalue weighted by molar-refractivity contribution is -0.109. The van der Waals surface area contributed by atoms with Crippen LogP contribution < -0.4 is 0 Å². The van der Waals surface area contributed by atoms with Crippen molar-refractivity contribution in [2.45, 2.75) is 20.3 Å². The molecule has 0 aliphatic carbocycles. The van der Waals surface area contributed by atoms with Gasteiger partial charge in [0.05, 0.1) is 5.56 Å². The number of benzene rings is 1. The predicted molar refractivity (Wildman–Crippen MR) is 67.5 cm³/mol. The minimum absolute atomic E-state index is 0.111. The number of carbonyl (C=O) groups is 1. The zero-order valence-corrected chi connectivity index (χ0v) is 10.2. The monoisotopic (exact) mass is 234 g/mol. The number of carbonyl (C=O) groups excluding carboxylic acids is 1. The second-order valence-corrected chi connectivity index (χ2v) is 4.63. The summed E-state index contributed by atoms with van der Waals surface area (Å²) in [4.78, 5) is 10.7. The molecule has 84 valence electrons. The fourth-order valence-electron chi connectivity index (χ4n) is 1.16. The summed E-state index contributed by atoms with van der Waals surface area (Å²) >= 11 is 1.27. The van der Waals surface area contributed by atoms with Crippen molar-refractivity contribution >= 4 is 16.9 Å². The van der Waals surface area contributed by atoms with Crippen LogP contribution in [0, 0.1) is 18.8 Å². The standard InChI is InChI=1S/C13H14O2S/c1-10-6-5-8-12(13(10)15)7-3-4-9-16-11(2)14/h5-6,8,15H,4,9H2,1-2H3. The molecule has 0 bridgehead atoms. The Morgan fingerprint density at radius 1 is 1.50 bits per heavy atom. The minimum atomic E-state index is 0.111. The molecule has 0 spiro atoms. The summed E-state index contributed by atoms with van der Waals surface area (Å²) in [6, 6.07) is 5.49. The number of hydrogen-bond donors (Lipinski definition) is 1. The molecule has 0 radical (unpaired) electrons. The molecule has 0 saturated heterocycles. The van der Waals surface area contributed by atoms with E-state index in [1.54, 1.807) is 13.0 Å². The fraction of sp³-hybridized carbons (Fsp3) is 0.308. The van der Waals surface area contributed by atoms with Crippen molar-refractivity contribution in [2.75, 3.05) is 5.75 Å². The van der Waals surface area contributed by atoms with Crippen LogP contribution in [0.2, 0.25) is 0 Å². The first-order valence-electron chi connectivity index (χ1n) is 5.02. The van der Waals surface area contributed by atoms with E-state index in [1.807, 2.05) is 19.1 Å². The van der Waals surface area contributed by atoms with Crippen LogP contribution in [0.15, 0.2) is 18.2 Å². The van der Waals surface area contributed by atoms with Gasteiger partial charge in [-0.25, -0.2) is 0 Å². The number of rotatable bonds is 2. The Balaban J connectivity index is 2.56. The first-order chi connectivity index (χ1) is 7.61. The van der Waals surface area contributed by atoms with Crippen LogP contribution in [-0.4, -0.2) is 16.0 Å². The SMILES string of the molecule is CC(=O)SCCC#Cc1cccc(C)c1O. The highest BCUT2D eigenvalue weighted by atomic mass is 32.2. The van der Waals surface area contributed by atoms with Crippen LogP contribution in [0.25, 0.3) is 0 Å². The molecule has 0 aromatic heterocycles. The first-order valence-corrected chi connectivity index (χ1v) is 6.00. The van der Waals surface area contributed by atoms with E-state index in [4.69, 9.17) is 0 Å². The lowest BCUT2D eigenvalue weighted by atomic mass is 10.1. The Kier molecular flexibility index (Phi) is 4.94. The zero-order chi connectivity index (χ0) is 12.0. The van der Waals surface area contributed by atoms with Gasteiger partial charge in [-0.3, -0.25) is 4.79 Å². The van der Waals surface area contributed by atoms with E-state index in [9.17, 15) is 9.90 Å². The van der Waals surface area contributed by atoms with Crippen molar-refractivity contribution in [3.8, 4) is 17.6 Å². The van der Waals surface area contributed by atoms with Crippen LogP contribution in [-0.2, 0) is 4.79 Å². The highest BCUT2D eigenvalue weighted by Gasteiger charge is 1.99. The number of para-hydroxylation sites is 1. The third kappa shape index (κ3) is 4.00. The summed E-state index contributed by atoms with van der Waals surface area (Å²) in [6.07, 6.45) is 0.650. The lowest BCUT2D eigenvalue weighted by Crippen LogP contribution is -1.84. The average Bonchev–Trinajstić information content (AvgIpc) is 2.23. The Hall–Kier alpha value is -1.40. The maximum absolute atomic E-state index is 10.7. The van der Waals surface area contributed by atoms with Crippen molar-refractivity contribution in [3.05, 3.63) is 29.3 Å². The van der Waals surface area contributed by atoms with Crippen molar-refractivity contribution < 1.29 is 9.90 Å². The van der Waals surface area contributed by atoms with E-state index in [0.29, 0.717) is 17.7 Å². The number of phenolic OH excluding ortho intramolecular Hbond substituents is 1. The first kappa shape index (κ1) is 12.7. The molecule has 2 nitrogen and oxygen atoms in total. The van der Waals surface area contributed by atoms with Gasteiger partial charge in [-0.2, -0.15) is 0 Å². The van der Waals surface area contributed by atoms with E-state index >= 15 is 0 Å². The molecule has 1 aromatic rings. The number of hydrogen-bond acceptors (Lipinski definition) is 3. The third-order valence-electron chi connectivity index (χ3n) is 1.99. The number of thioether (sulfide) groups is 1. The molecule has 1 rings (SSSR count). The quantitative estimate of drug-likeness (QED) is 0.631. The Bertz CT molecular complexity index is 441. The number of aromatic hydroxyl groups is 1. The maximum Gasteiger partial charge on any atom is 0.185 e. The molecule has 0 atom stereocenters. The molecule has 1 N–H and O–H groups in total. The van der Waals surface area contributed by atoms with Crippen LogP contribution in [0.3, 0.4) is 0 Å². The molecule has 0 fully saturated rings. The smallest absolute Gasteiger partial charge is 0.185 e. The van der Waals surface area contributed by atoms with Crippen molar-refractivity contribution in [3.63, 3.8) is 0 Å². The van der Waals surface area contributed by atoms with Crippen molar-refractivity contribution in [1.82, 2.24) is 0 Å². The molecule has 3 heteroatoms. The van der Waals surface area contributed by atoms with Gasteiger partial charge < -0.3 is 5.11 Å². The third-order valence-corrected chi connectivity index (χ3v) is 2.81. The normalized spacial score (nSPS) is 9.38. The fourth-order valence-corrected chi connectivity index (χ4v) is 1.65. The van der Waals surface area contributed by atoms with Gasteiger partial charge in [0.1, 0.15) is 5.75 Å². The van der Waals surface area contributed by atoms with Crippen LogP contribution in [0.5, 0.6) is 5.75 Å². The van der Waals surface area contributed by atoms with Crippen LogP contribution in [0.4, 0.5) is 0 Å². The van der Waals surface area contributed by atoms with Gasteiger partial charge >= 0.3 is 0 Å². The summed E-state index contributed by atoms with van der Waals surface area (Å²) < 4.78 is 0. The molecule has 0 aliphatic rings. The summed E-state index contributed by atoms with van der Waals surface area (Å²) in [7, 11) is 0. The number of phenols is 1. The molecular formula is C13H14O2S. The van der Waals surface area contributed by atoms with Crippen LogP contribution in [0.1, 0.15) is 24.5 Å². The van der Waals surface area contributed by atoms with E-state index in [-0.39, 0.29) is 10.9 Å². The Labute approximate surface area is 100 Å². The average molecular weight is 234 g/mol. The molecule has 16 heavy (non-hydrogen) atoms. The van der Waals surface area contributed by atoms with Crippen molar-refractivity contribution in [1.29, 1.82) is 0 Å². The highest BCUT2D eigenvalue weighted by Crippen LogP contribution is 2.20. The second kappa shape index (κ2) is 6.24. The zero-order valence-electron chi connectivity index (χ0n) is 9.41. The van der Waals surface area contributed by atoms with Crippen molar-refractivity contribution in [2.24, 2.45) is 0 Å². The minimum Gasteiger partial charge on any atom is -0.506 e. The van der Waals surface area contributed by atoms with Gasteiger partial charge in [-0.15, -0.1) is 0 Å². The molecule has 1 aromatic carbocycles. The van der Waals surface area contributed by atoms with E-state index < -0.39 is 0 Å². The van der Waals surface area contributed by atoms with Gasteiger partial charge in [-0.1, -0.05) is 35.7 Å². The summed E-state index contributed by atoms with van der Waals surface area (Å²) in [6.45, 7) is 3.39. The Morgan fingerprint density at radius 3 is 2.94 bits per heavy atom. The molecular weight excluding hydrogens is 220 g/mol. The summed E-state index contributed by atoms with van der Waals surface area (Å²) in [5.41, 5.74) is 1.47. The molecule has 0 saturated carbocycles. The van der Waals surface area contributed by atoms with Gasteiger partial charge in [0, 0.05) is 19.1 Å². The van der Waals surface area contributed by atoms with E-state index in [2.05, 4.69) is 11.8 Å². The predicted octanol–water partition coefficient (Wildman–Crippen LogP) is 2.72. The molecule has 0 heterocycles.